The molecule has 1 unspecified atom stereocenters. The summed E-state index contributed by atoms with van der Waals surface area (Å²) >= 11 is 0. The molecule has 0 aromatic heterocycles. The first-order valence-corrected chi connectivity index (χ1v) is 32.4. The second-order valence-corrected chi connectivity index (χ2v) is 21.3. The zero-order valence-electron chi connectivity index (χ0n) is 50.4. The first-order valence-electron chi connectivity index (χ1n) is 32.4. The first kappa shape index (κ1) is 73.1. The van der Waals surface area contributed by atoms with Crippen LogP contribution in [0, 0.1) is 0 Å². The van der Waals surface area contributed by atoms with E-state index in [2.05, 4.69) is 130 Å². The lowest BCUT2D eigenvalue weighted by Crippen LogP contribution is -2.30. The Morgan fingerprint density at radius 1 is 0.273 bits per heavy atom. The number of esters is 3. The van der Waals surface area contributed by atoms with E-state index in [-0.39, 0.29) is 31.1 Å². The topological polar surface area (TPSA) is 78.9 Å². The summed E-state index contributed by atoms with van der Waals surface area (Å²) in [5, 5.41) is 0. The number of hydrogen-bond acceptors (Lipinski definition) is 6. The third-order valence-electron chi connectivity index (χ3n) is 13.7. The second kappa shape index (κ2) is 64.6. The summed E-state index contributed by atoms with van der Waals surface area (Å²) in [7, 11) is 0. The van der Waals surface area contributed by atoms with Crippen LogP contribution in [0.1, 0.15) is 303 Å². The maximum atomic E-state index is 12.9. The van der Waals surface area contributed by atoms with Gasteiger partial charge in [-0.1, -0.05) is 271 Å². The number of carbonyl (C=O) groups excluding carboxylic acids is 3. The minimum Gasteiger partial charge on any atom is -0.462 e. The van der Waals surface area contributed by atoms with Gasteiger partial charge in [-0.25, -0.2) is 0 Å². The molecular formula is C71H120O6. The van der Waals surface area contributed by atoms with E-state index >= 15 is 0 Å². The Labute approximate surface area is 476 Å². The molecule has 0 aromatic rings. The highest BCUT2D eigenvalue weighted by molar-refractivity contribution is 5.71. The van der Waals surface area contributed by atoms with Crippen LogP contribution in [0.3, 0.4) is 0 Å². The molecule has 77 heavy (non-hydrogen) atoms. The van der Waals surface area contributed by atoms with Gasteiger partial charge in [0, 0.05) is 19.3 Å². The second-order valence-electron chi connectivity index (χ2n) is 21.3. The third-order valence-corrected chi connectivity index (χ3v) is 13.7. The van der Waals surface area contributed by atoms with Crippen LogP contribution in [0.25, 0.3) is 0 Å². The Morgan fingerprint density at radius 3 is 0.792 bits per heavy atom. The summed E-state index contributed by atoms with van der Waals surface area (Å²) in [6.07, 6.45) is 88.2. The molecule has 0 bridgehead atoms. The summed E-state index contributed by atoms with van der Waals surface area (Å²) in [4.78, 5) is 38.3. The Morgan fingerprint density at radius 2 is 0.506 bits per heavy atom. The molecule has 0 rings (SSSR count). The van der Waals surface area contributed by atoms with Crippen molar-refractivity contribution in [3.8, 4) is 0 Å². The number of ether oxygens (including phenoxy) is 3. The molecule has 0 radical (unpaired) electrons. The van der Waals surface area contributed by atoms with Crippen molar-refractivity contribution < 1.29 is 28.6 Å². The fourth-order valence-corrected chi connectivity index (χ4v) is 8.95. The Kier molecular flexibility index (Phi) is 61.3. The molecule has 0 spiro atoms. The quantitative estimate of drug-likeness (QED) is 0.0261. The van der Waals surface area contributed by atoms with Crippen molar-refractivity contribution >= 4 is 17.9 Å². The van der Waals surface area contributed by atoms with Gasteiger partial charge in [-0.15, -0.1) is 0 Å². The summed E-state index contributed by atoms with van der Waals surface area (Å²) in [5.74, 6) is -0.912. The highest BCUT2D eigenvalue weighted by Gasteiger charge is 2.19. The molecule has 0 aromatic carbocycles. The van der Waals surface area contributed by atoms with Gasteiger partial charge in [-0.05, 0) is 122 Å². The summed E-state index contributed by atoms with van der Waals surface area (Å²) in [6.45, 7) is 6.38. The zero-order valence-corrected chi connectivity index (χ0v) is 50.4. The van der Waals surface area contributed by atoms with Gasteiger partial charge in [-0.3, -0.25) is 14.4 Å². The minimum absolute atomic E-state index is 0.0888. The van der Waals surface area contributed by atoms with E-state index in [1.807, 2.05) is 0 Å². The van der Waals surface area contributed by atoms with E-state index in [1.165, 1.54) is 116 Å². The fourth-order valence-electron chi connectivity index (χ4n) is 8.95. The van der Waals surface area contributed by atoms with Gasteiger partial charge in [-0.2, -0.15) is 0 Å². The predicted molar refractivity (Wildman–Crippen MR) is 334 cm³/mol. The average molecular weight is 1070 g/mol. The molecule has 0 saturated heterocycles. The molecule has 0 N–H and O–H groups in total. The largest absolute Gasteiger partial charge is 0.462 e. The van der Waals surface area contributed by atoms with Crippen molar-refractivity contribution in [1.82, 2.24) is 0 Å². The van der Waals surface area contributed by atoms with Crippen molar-refractivity contribution in [3.05, 3.63) is 109 Å². The number of rotatable bonds is 58. The average Bonchev–Trinajstić information content (AvgIpc) is 3.43. The van der Waals surface area contributed by atoms with Crippen LogP contribution in [0.5, 0.6) is 0 Å². The Bertz CT molecular complexity index is 1560. The number of hydrogen-bond donors (Lipinski definition) is 0. The van der Waals surface area contributed by atoms with Crippen molar-refractivity contribution in [2.24, 2.45) is 0 Å². The Hall–Kier alpha value is -3.93. The third kappa shape index (κ3) is 62.8. The van der Waals surface area contributed by atoms with Gasteiger partial charge < -0.3 is 14.2 Å². The molecule has 440 valence electrons. The van der Waals surface area contributed by atoms with Gasteiger partial charge in [0.25, 0.3) is 0 Å². The molecule has 1 atom stereocenters. The normalized spacial score (nSPS) is 12.8. The molecule has 0 aliphatic carbocycles. The highest BCUT2D eigenvalue weighted by Crippen LogP contribution is 2.16. The SMILES string of the molecule is CC/C=C\C/C=C\C/C=C\C/C=C\CCCCCCCCCCCCCCCCCCC(=O)OCC(COC(=O)CCCCCCC/C=C\C/C=C\CCCCC)OC(=O)CCCCCCC/C=C\C/C=C\C/C=C\CC. The molecule has 0 saturated carbocycles. The fraction of sp³-hybridized carbons (Fsp3) is 0.704. The summed E-state index contributed by atoms with van der Waals surface area (Å²) in [6, 6.07) is 0. The van der Waals surface area contributed by atoms with E-state index in [9.17, 15) is 14.4 Å². The van der Waals surface area contributed by atoms with Crippen LogP contribution in [0.15, 0.2) is 109 Å². The van der Waals surface area contributed by atoms with E-state index < -0.39 is 6.10 Å². The summed E-state index contributed by atoms with van der Waals surface area (Å²) in [5.41, 5.74) is 0. The maximum Gasteiger partial charge on any atom is 0.306 e. The van der Waals surface area contributed by atoms with Crippen LogP contribution >= 0.6 is 0 Å². The van der Waals surface area contributed by atoms with E-state index in [0.29, 0.717) is 19.3 Å². The van der Waals surface area contributed by atoms with Crippen molar-refractivity contribution in [2.45, 2.75) is 309 Å². The van der Waals surface area contributed by atoms with Crippen LogP contribution in [-0.4, -0.2) is 37.2 Å². The summed E-state index contributed by atoms with van der Waals surface area (Å²) < 4.78 is 16.9. The van der Waals surface area contributed by atoms with Crippen LogP contribution in [0.4, 0.5) is 0 Å². The maximum absolute atomic E-state index is 12.9. The minimum atomic E-state index is -0.794. The van der Waals surface area contributed by atoms with Gasteiger partial charge in [0.15, 0.2) is 6.10 Å². The van der Waals surface area contributed by atoms with Crippen LogP contribution in [0.2, 0.25) is 0 Å². The highest BCUT2D eigenvalue weighted by atomic mass is 16.6. The molecule has 0 amide bonds. The smallest absolute Gasteiger partial charge is 0.306 e. The van der Waals surface area contributed by atoms with E-state index in [0.717, 1.165) is 148 Å². The van der Waals surface area contributed by atoms with E-state index in [1.54, 1.807) is 0 Å². The van der Waals surface area contributed by atoms with Crippen molar-refractivity contribution in [3.63, 3.8) is 0 Å². The first-order chi connectivity index (χ1) is 38.0. The lowest BCUT2D eigenvalue weighted by molar-refractivity contribution is -0.167. The van der Waals surface area contributed by atoms with Crippen LogP contribution in [-0.2, 0) is 28.6 Å². The van der Waals surface area contributed by atoms with Crippen LogP contribution < -0.4 is 0 Å². The standard InChI is InChI=1S/C71H120O6/c1-4-7-10-13-16-19-22-25-28-29-30-31-32-33-34-35-36-37-38-39-40-41-44-46-49-52-55-58-61-64-70(73)76-67-68(77-71(74)65-62-59-56-53-50-47-43-27-24-21-18-15-12-9-6-3)66-75-69(72)63-60-57-54-51-48-45-42-26-23-20-17-14-11-8-5-2/h7,9-10,12,16-21,25-28,30-31,42-43,68H,4-6,8,11,13-15,22-24,29,32-41,44-67H2,1-3H3/b10-7-,12-9-,19-16-,20-17-,21-18-,28-25-,31-30-,42-26-,43-27-. The Balaban J connectivity index is 4.26. The number of carbonyl (C=O) groups is 3. The molecule has 0 aliphatic rings. The van der Waals surface area contributed by atoms with E-state index in [4.69, 9.17) is 14.2 Å². The zero-order chi connectivity index (χ0) is 55.7. The van der Waals surface area contributed by atoms with Crippen molar-refractivity contribution in [1.29, 1.82) is 0 Å². The lowest BCUT2D eigenvalue weighted by atomic mass is 10.0. The van der Waals surface area contributed by atoms with Gasteiger partial charge in [0.2, 0.25) is 0 Å². The van der Waals surface area contributed by atoms with Crippen molar-refractivity contribution in [2.75, 3.05) is 13.2 Å². The van der Waals surface area contributed by atoms with Gasteiger partial charge >= 0.3 is 17.9 Å². The lowest BCUT2D eigenvalue weighted by Gasteiger charge is -2.18. The number of allylic oxidation sites excluding steroid dienone is 18. The van der Waals surface area contributed by atoms with Gasteiger partial charge in [0.1, 0.15) is 13.2 Å². The predicted octanol–water partition coefficient (Wildman–Crippen LogP) is 22.2. The molecular weight excluding hydrogens is 949 g/mol. The van der Waals surface area contributed by atoms with Gasteiger partial charge in [0.05, 0.1) is 0 Å². The molecule has 0 aliphatic heterocycles. The molecule has 6 heteroatoms. The number of unbranched alkanes of at least 4 members (excludes halogenated alkanes) is 29. The molecule has 6 nitrogen and oxygen atoms in total. The molecule has 0 fully saturated rings. The monoisotopic (exact) mass is 1070 g/mol. The molecule has 0 heterocycles.